The number of ether oxygens (including phenoxy) is 4. The van der Waals surface area contributed by atoms with Gasteiger partial charge in [-0.25, -0.2) is 4.98 Å². The van der Waals surface area contributed by atoms with E-state index < -0.39 is 4.92 Å². The summed E-state index contributed by atoms with van der Waals surface area (Å²) in [5, 5.41) is 16.9. The van der Waals surface area contributed by atoms with Crippen LogP contribution in [-0.4, -0.2) is 34.2 Å². The number of nitro groups is 1. The lowest BCUT2D eigenvalue weighted by Gasteiger charge is -2.13. The number of hydrogen-bond donors (Lipinski definition) is 0. The van der Waals surface area contributed by atoms with Crippen molar-refractivity contribution in [3.63, 3.8) is 0 Å². The van der Waals surface area contributed by atoms with Gasteiger partial charge in [0.1, 0.15) is 12.4 Å². The Kier molecular flexibility index (Phi) is 7.96. The molecule has 5 rings (SSSR count). The molecule has 0 bridgehead atoms. The molecule has 12 heteroatoms. The summed E-state index contributed by atoms with van der Waals surface area (Å²) in [7, 11) is 0. The summed E-state index contributed by atoms with van der Waals surface area (Å²) in [6.45, 7) is 4.18. The second-order valence-electron chi connectivity index (χ2n) is 8.83. The summed E-state index contributed by atoms with van der Waals surface area (Å²) in [6.07, 6.45) is 2.65. The molecule has 0 atom stereocenters. The van der Waals surface area contributed by atoms with Gasteiger partial charge in [0.05, 0.1) is 28.6 Å². The maximum atomic E-state index is 13.3. The van der Waals surface area contributed by atoms with Gasteiger partial charge in [-0.1, -0.05) is 28.9 Å². The minimum absolute atomic E-state index is 0.0114. The average Bonchev–Trinajstić information content (AvgIpc) is 3.41. The van der Waals surface area contributed by atoms with Crippen molar-refractivity contribution >= 4 is 38.7 Å². The van der Waals surface area contributed by atoms with Crippen molar-refractivity contribution in [2.45, 2.75) is 33.3 Å². The topological polar surface area (TPSA) is 127 Å². The molecule has 40 heavy (non-hydrogen) atoms. The fraction of sp³-hybridized carbons (Fsp3) is 0.250. The highest BCUT2D eigenvalue weighted by Gasteiger charge is 2.23. The zero-order valence-corrected chi connectivity index (χ0v) is 23.3. The largest absolute Gasteiger partial charge is 0.490 e. The molecule has 3 aromatic carbocycles. The molecular weight excluding hydrogens is 584 g/mol. The number of benzene rings is 3. The van der Waals surface area contributed by atoms with Crippen LogP contribution >= 0.6 is 15.9 Å². The van der Waals surface area contributed by atoms with Crippen LogP contribution in [0.4, 0.5) is 5.69 Å². The van der Waals surface area contributed by atoms with Gasteiger partial charge in [0.2, 0.25) is 12.5 Å². The fourth-order valence-electron chi connectivity index (χ4n) is 4.24. The number of rotatable bonds is 10. The summed E-state index contributed by atoms with van der Waals surface area (Å²) in [5.74, 6) is 1.87. The Morgan fingerprint density at radius 1 is 1.12 bits per heavy atom. The first kappa shape index (κ1) is 27.1. The van der Waals surface area contributed by atoms with Crippen molar-refractivity contribution in [3.8, 4) is 23.0 Å². The molecule has 2 heterocycles. The molecule has 1 aliphatic heterocycles. The minimum atomic E-state index is -0.543. The molecule has 1 aromatic heterocycles. The van der Waals surface area contributed by atoms with Crippen LogP contribution in [0.15, 0.2) is 62.9 Å². The highest BCUT2D eigenvalue weighted by molar-refractivity contribution is 9.10. The first-order valence-electron chi connectivity index (χ1n) is 12.6. The SMILES string of the molecule is CCCc1nc2ccc(Br)cc2c(=O)n1N=Cc1cc(OCC)c(OCc2ccc3c(c2)OCO3)c([N+](=O)[O-])c1. The van der Waals surface area contributed by atoms with Crippen molar-refractivity contribution in [3.05, 3.63) is 90.4 Å². The van der Waals surface area contributed by atoms with Crippen LogP contribution in [0.1, 0.15) is 37.2 Å². The Balaban J connectivity index is 1.51. The summed E-state index contributed by atoms with van der Waals surface area (Å²) in [5.41, 5.74) is 1.03. The van der Waals surface area contributed by atoms with Gasteiger partial charge >= 0.3 is 5.69 Å². The average molecular weight is 609 g/mol. The van der Waals surface area contributed by atoms with E-state index in [-0.39, 0.29) is 42.8 Å². The van der Waals surface area contributed by atoms with Crippen molar-refractivity contribution in [2.75, 3.05) is 13.4 Å². The van der Waals surface area contributed by atoms with Crippen molar-refractivity contribution in [1.82, 2.24) is 9.66 Å². The smallest absolute Gasteiger partial charge is 0.315 e. The number of aromatic nitrogens is 2. The Hall–Kier alpha value is -4.45. The molecule has 0 amide bonds. The van der Waals surface area contributed by atoms with E-state index in [0.717, 1.165) is 16.5 Å². The van der Waals surface area contributed by atoms with E-state index in [9.17, 15) is 14.9 Å². The normalized spacial score (nSPS) is 12.3. The molecule has 206 valence electrons. The van der Waals surface area contributed by atoms with Crippen molar-refractivity contribution < 1.29 is 23.9 Å². The Morgan fingerprint density at radius 3 is 2.73 bits per heavy atom. The van der Waals surface area contributed by atoms with Gasteiger partial charge in [0.25, 0.3) is 5.56 Å². The van der Waals surface area contributed by atoms with Gasteiger partial charge in [-0.2, -0.15) is 9.78 Å². The van der Waals surface area contributed by atoms with Gasteiger partial charge in [0, 0.05) is 22.5 Å². The van der Waals surface area contributed by atoms with E-state index in [1.54, 1.807) is 43.3 Å². The molecule has 0 aliphatic carbocycles. The van der Waals surface area contributed by atoms with Crippen molar-refractivity contribution in [1.29, 1.82) is 0 Å². The van der Waals surface area contributed by atoms with Crippen LogP contribution in [0.25, 0.3) is 10.9 Å². The number of nitrogens with zero attached hydrogens (tertiary/aromatic N) is 4. The zero-order chi connectivity index (χ0) is 28.2. The molecule has 0 spiro atoms. The molecule has 0 saturated carbocycles. The molecule has 0 N–H and O–H groups in total. The zero-order valence-electron chi connectivity index (χ0n) is 21.8. The summed E-state index contributed by atoms with van der Waals surface area (Å²) in [6, 6.07) is 13.5. The van der Waals surface area contributed by atoms with Crippen LogP contribution in [-0.2, 0) is 13.0 Å². The molecule has 4 aromatic rings. The number of aryl methyl sites for hydroxylation is 1. The van der Waals surface area contributed by atoms with E-state index in [4.69, 9.17) is 18.9 Å². The van der Waals surface area contributed by atoms with Crippen LogP contribution in [0, 0.1) is 10.1 Å². The second-order valence-corrected chi connectivity index (χ2v) is 9.75. The lowest BCUT2D eigenvalue weighted by Crippen LogP contribution is -2.22. The van der Waals surface area contributed by atoms with E-state index >= 15 is 0 Å². The van der Waals surface area contributed by atoms with Crippen LogP contribution in [0.3, 0.4) is 0 Å². The second kappa shape index (κ2) is 11.7. The molecule has 0 unspecified atom stereocenters. The molecular formula is C28H25BrN4O7. The van der Waals surface area contributed by atoms with Gasteiger partial charge in [-0.15, -0.1) is 0 Å². The highest BCUT2D eigenvalue weighted by Crippen LogP contribution is 2.39. The van der Waals surface area contributed by atoms with E-state index in [0.29, 0.717) is 40.2 Å². The maximum absolute atomic E-state index is 13.3. The molecule has 11 nitrogen and oxygen atoms in total. The lowest BCUT2D eigenvalue weighted by atomic mass is 10.1. The minimum Gasteiger partial charge on any atom is -0.490 e. The monoisotopic (exact) mass is 608 g/mol. The van der Waals surface area contributed by atoms with Crippen LogP contribution in [0.2, 0.25) is 0 Å². The number of fused-ring (bicyclic) bond motifs is 2. The van der Waals surface area contributed by atoms with Gasteiger partial charge < -0.3 is 18.9 Å². The Labute approximate surface area is 237 Å². The summed E-state index contributed by atoms with van der Waals surface area (Å²) >= 11 is 3.39. The highest BCUT2D eigenvalue weighted by atomic mass is 79.9. The predicted molar refractivity (Wildman–Crippen MR) is 152 cm³/mol. The number of halogens is 1. The Morgan fingerprint density at radius 2 is 1.95 bits per heavy atom. The van der Waals surface area contributed by atoms with Gasteiger partial charge in [-0.3, -0.25) is 14.9 Å². The molecule has 0 radical (unpaired) electrons. The number of nitro benzene ring substituents is 1. The first-order chi connectivity index (χ1) is 19.4. The lowest BCUT2D eigenvalue weighted by molar-refractivity contribution is -0.386. The summed E-state index contributed by atoms with van der Waals surface area (Å²) < 4.78 is 24.3. The predicted octanol–water partition coefficient (Wildman–Crippen LogP) is 5.61. The first-order valence-corrected chi connectivity index (χ1v) is 13.4. The van der Waals surface area contributed by atoms with Gasteiger partial charge in [-0.05, 0) is 55.3 Å². The van der Waals surface area contributed by atoms with Gasteiger partial charge in [0.15, 0.2) is 17.2 Å². The quantitative estimate of drug-likeness (QED) is 0.129. The third kappa shape index (κ3) is 5.62. The summed E-state index contributed by atoms with van der Waals surface area (Å²) in [4.78, 5) is 29.4. The standard InChI is InChI=1S/C28H25BrN4O7/c1-3-5-26-31-21-8-7-19(29)13-20(21)28(34)32(26)30-14-18-10-22(33(35)36)27(25(12-18)37-4-2)38-15-17-6-9-23-24(11-17)40-16-39-23/h6-14H,3-5,15-16H2,1-2H3. The third-order valence-electron chi connectivity index (χ3n) is 6.05. The fourth-order valence-corrected chi connectivity index (χ4v) is 4.60. The maximum Gasteiger partial charge on any atom is 0.315 e. The third-order valence-corrected chi connectivity index (χ3v) is 6.54. The van der Waals surface area contributed by atoms with E-state index in [1.165, 1.54) is 17.0 Å². The van der Waals surface area contributed by atoms with E-state index in [1.807, 2.05) is 13.0 Å². The molecule has 1 aliphatic rings. The van der Waals surface area contributed by atoms with Crippen LogP contribution in [0.5, 0.6) is 23.0 Å². The Bertz CT molecular complexity index is 1690. The molecule has 0 saturated heterocycles. The van der Waals surface area contributed by atoms with E-state index in [2.05, 4.69) is 26.0 Å². The van der Waals surface area contributed by atoms with Crippen LogP contribution < -0.4 is 24.5 Å². The van der Waals surface area contributed by atoms with Crippen molar-refractivity contribution in [2.24, 2.45) is 5.10 Å². The molecule has 0 fully saturated rings. The number of hydrogen-bond acceptors (Lipinski definition) is 9.